The quantitative estimate of drug-likeness (QED) is 0.637. The van der Waals surface area contributed by atoms with Crippen molar-refractivity contribution in [1.29, 1.82) is 0 Å². The Balaban J connectivity index is 2.37. The van der Waals surface area contributed by atoms with Gasteiger partial charge in [0.25, 0.3) is 0 Å². The van der Waals surface area contributed by atoms with Crippen LogP contribution in [-0.4, -0.2) is 12.1 Å². The number of hydrazine groups is 1. The van der Waals surface area contributed by atoms with Crippen LogP contribution in [0.3, 0.4) is 0 Å². The van der Waals surface area contributed by atoms with E-state index in [1.165, 1.54) is 5.56 Å². The van der Waals surface area contributed by atoms with Gasteiger partial charge in [0.2, 0.25) is 0 Å². The zero-order valence-electron chi connectivity index (χ0n) is 11.3. The van der Waals surface area contributed by atoms with Gasteiger partial charge < -0.3 is 4.74 Å². The molecule has 1 aromatic heterocycles. The summed E-state index contributed by atoms with van der Waals surface area (Å²) in [6.45, 7) is 2.14. The van der Waals surface area contributed by atoms with Crippen molar-refractivity contribution in [2.24, 2.45) is 5.84 Å². The molecule has 3 N–H and O–H groups in total. The molecule has 2 aromatic rings. The Morgan fingerprint density at radius 2 is 2.00 bits per heavy atom. The zero-order chi connectivity index (χ0) is 13.7. The molecule has 1 aromatic carbocycles. The lowest BCUT2D eigenvalue weighted by atomic mass is 9.98. The van der Waals surface area contributed by atoms with E-state index in [0.29, 0.717) is 0 Å². The van der Waals surface area contributed by atoms with E-state index in [0.717, 1.165) is 23.3 Å². The van der Waals surface area contributed by atoms with E-state index < -0.39 is 0 Å². The summed E-state index contributed by atoms with van der Waals surface area (Å²) in [4.78, 5) is 4.06. The maximum absolute atomic E-state index is 5.71. The predicted molar refractivity (Wildman–Crippen MR) is 75.8 cm³/mol. The molecule has 1 atom stereocenters. The predicted octanol–water partition coefficient (Wildman–Crippen LogP) is 2.21. The molecule has 4 nitrogen and oxygen atoms in total. The summed E-state index contributed by atoms with van der Waals surface area (Å²) in [7, 11) is 1.63. The third kappa shape index (κ3) is 2.92. The molecular formula is C15H19N3O. The first-order chi connectivity index (χ1) is 9.30. The smallest absolute Gasteiger partial charge is 0.142 e. The summed E-state index contributed by atoms with van der Waals surface area (Å²) >= 11 is 0. The Hall–Kier alpha value is -1.91. The number of ether oxygens (including phenoxy) is 1. The average Bonchev–Trinajstić information content (AvgIpc) is 2.49. The van der Waals surface area contributed by atoms with Crippen molar-refractivity contribution in [2.45, 2.75) is 19.4 Å². The highest BCUT2D eigenvalue weighted by atomic mass is 16.5. The van der Waals surface area contributed by atoms with Crippen molar-refractivity contribution in [3.05, 3.63) is 59.4 Å². The Labute approximate surface area is 113 Å². The Kier molecular flexibility index (Phi) is 4.49. The molecule has 0 aliphatic heterocycles. The van der Waals surface area contributed by atoms with E-state index in [4.69, 9.17) is 10.6 Å². The van der Waals surface area contributed by atoms with Crippen LogP contribution in [0.15, 0.2) is 42.7 Å². The Morgan fingerprint density at radius 1 is 1.26 bits per heavy atom. The average molecular weight is 257 g/mol. The molecule has 0 saturated carbocycles. The maximum Gasteiger partial charge on any atom is 0.142 e. The maximum atomic E-state index is 5.71. The van der Waals surface area contributed by atoms with Crippen LogP contribution in [0.25, 0.3) is 0 Å². The molecule has 0 bridgehead atoms. The Morgan fingerprint density at radius 3 is 2.58 bits per heavy atom. The number of methoxy groups -OCH3 is 1. The minimum Gasteiger partial charge on any atom is -0.495 e. The first-order valence-corrected chi connectivity index (χ1v) is 6.33. The first kappa shape index (κ1) is 13.5. The summed E-state index contributed by atoms with van der Waals surface area (Å²) < 4.78 is 5.34. The number of aromatic nitrogens is 1. The molecule has 0 spiro atoms. The molecule has 0 amide bonds. The van der Waals surface area contributed by atoms with Gasteiger partial charge in [0.1, 0.15) is 5.75 Å². The van der Waals surface area contributed by atoms with Crippen molar-refractivity contribution in [3.8, 4) is 5.75 Å². The minimum atomic E-state index is -0.108. The van der Waals surface area contributed by atoms with Gasteiger partial charge in [0, 0.05) is 11.8 Å². The number of hydrogen-bond donors (Lipinski definition) is 2. The lowest BCUT2D eigenvalue weighted by molar-refractivity contribution is 0.402. The molecular weight excluding hydrogens is 238 g/mol. The molecule has 100 valence electrons. The minimum absolute atomic E-state index is 0.108. The molecule has 0 saturated heterocycles. The largest absolute Gasteiger partial charge is 0.495 e. The van der Waals surface area contributed by atoms with Crippen molar-refractivity contribution < 1.29 is 4.74 Å². The fraction of sp³-hybridized carbons (Fsp3) is 0.267. The third-order valence-electron chi connectivity index (χ3n) is 3.24. The normalized spacial score (nSPS) is 12.2. The fourth-order valence-electron chi connectivity index (χ4n) is 2.11. The molecule has 0 aliphatic carbocycles. The van der Waals surface area contributed by atoms with Gasteiger partial charge >= 0.3 is 0 Å². The van der Waals surface area contributed by atoms with Crippen molar-refractivity contribution >= 4 is 0 Å². The molecule has 0 aliphatic rings. The summed E-state index contributed by atoms with van der Waals surface area (Å²) in [5.41, 5.74) is 6.22. The van der Waals surface area contributed by atoms with Crippen LogP contribution < -0.4 is 16.0 Å². The van der Waals surface area contributed by atoms with Crippen molar-refractivity contribution in [3.63, 3.8) is 0 Å². The Bertz CT molecular complexity index is 525. The number of nitrogens with zero attached hydrogens (tertiary/aromatic N) is 1. The summed E-state index contributed by atoms with van der Waals surface area (Å²) in [6.07, 6.45) is 4.46. The summed E-state index contributed by atoms with van der Waals surface area (Å²) in [5, 5.41) is 0. The van der Waals surface area contributed by atoms with Crippen LogP contribution in [0.5, 0.6) is 5.75 Å². The van der Waals surface area contributed by atoms with Gasteiger partial charge in [0.05, 0.1) is 19.3 Å². The highest BCUT2D eigenvalue weighted by Gasteiger charge is 2.16. The van der Waals surface area contributed by atoms with Crippen LogP contribution >= 0.6 is 0 Å². The van der Waals surface area contributed by atoms with E-state index >= 15 is 0 Å². The molecule has 4 heteroatoms. The van der Waals surface area contributed by atoms with Gasteiger partial charge in [-0.15, -0.1) is 0 Å². The number of pyridine rings is 1. The van der Waals surface area contributed by atoms with Crippen molar-refractivity contribution in [1.82, 2.24) is 10.4 Å². The van der Waals surface area contributed by atoms with Crippen LogP contribution in [0.1, 0.15) is 29.7 Å². The molecule has 2 rings (SSSR count). The standard InChI is InChI=1S/C15H19N3O/c1-3-11-4-6-12(7-5-11)15(18-16)13-8-9-17-10-14(13)19-2/h4-10,15,18H,3,16H2,1-2H3. The topological polar surface area (TPSA) is 60.2 Å². The van der Waals surface area contributed by atoms with Gasteiger partial charge in [-0.05, 0) is 23.6 Å². The van der Waals surface area contributed by atoms with Gasteiger partial charge in [-0.3, -0.25) is 10.8 Å². The van der Waals surface area contributed by atoms with Crippen LogP contribution in [0.4, 0.5) is 0 Å². The molecule has 0 fully saturated rings. The highest BCUT2D eigenvalue weighted by molar-refractivity contribution is 5.40. The number of aryl methyl sites for hydroxylation is 1. The van der Waals surface area contributed by atoms with Gasteiger partial charge in [0.15, 0.2) is 0 Å². The van der Waals surface area contributed by atoms with E-state index in [9.17, 15) is 0 Å². The first-order valence-electron chi connectivity index (χ1n) is 6.33. The summed E-state index contributed by atoms with van der Waals surface area (Å²) in [5.74, 6) is 6.43. The van der Waals surface area contributed by atoms with E-state index in [1.54, 1.807) is 19.5 Å². The van der Waals surface area contributed by atoms with E-state index in [1.807, 2.05) is 6.07 Å². The van der Waals surface area contributed by atoms with Crippen molar-refractivity contribution in [2.75, 3.05) is 7.11 Å². The van der Waals surface area contributed by atoms with Gasteiger partial charge in [-0.1, -0.05) is 31.2 Å². The van der Waals surface area contributed by atoms with E-state index in [-0.39, 0.29) is 6.04 Å². The second-order valence-corrected chi connectivity index (χ2v) is 4.31. The summed E-state index contributed by atoms with van der Waals surface area (Å²) in [6, 6.07) is 10.2. The second kappa shape index (κ2) is 6.31. The lowest BCUT2D eigenvalue weighted by Gasteiger charge is -2.19. The number of rotatable bonds is 5. The monoisotopic (exact) mass is 257 g/mol. The molecule has 1 heterocycles. The molecule has 19 heavy (non-hydrogen) atoms. The number of nitrogens with two attached hydrogens (primary N) is 1. The van der Waals surface area contributed by atoms with Crippen LogP contribution in [0, 0.1) is 0 Å². The SMILES string of the molecule is CCc1ccc(C(NN)c2ccncc2OC)cc1. The number of nitrogens with one attached hydrogen (secondary N) is 1. The fourth-order valence-corrected chi connectivity index (χ4v) is 2.11. The molecule has 0 radical (unpaired) electrons. The van der Waals surface area contributed by atoms with E-state index in [2.05, 4.69) is 41.6 Å². The zero-order valence-corrected chi connectivity index (χ0v) is 11.3. The lowest BCUT2D eigenvalue weighted by Crippen LogP contribution is -2.29. The van der Waals surface area contributed by atoms with Gasteiger partial charge in [-0.2, -0.15) is 0 Å². The highest BCUT2D eigenvalue weighted by Crippen LogP contribution is 2.28. The van der Waals surface area contributed by atoms with Crippen LogP contribution in [0.2, 0.25) is 0 Å². The third-order valence-corrected chi connectivity index (χ3v) is 3.24. The number of hydrogen-bond acceptors (Lipinski definition) is 4. The van der Waals surface area contributed by atoms with Crippen LogP contribution in [-0.2, 0) is 6.42 Å². The second-order valence-electron chi connectivity index (χ2n) is 4.31. The number of benzene rings is 1. The van der Waals surface area contributed by atoms with Gasteiger partial charge in [-0.25, -0.2) is 5.43 Å². The molecule has 1 unspecified atom stereocenters.